The van der Waals surface area contributed by atoms with Crippen molar-refractivity contribution in [1.29, 1.82) is 0 Å². The van der Waals surface area contributed by atoms with Crippen molar-refractivity contribution in [1.82, 2.24) is 9.80 Å². The molecule has 2 aliphatic rings. The summed E-state index contributed by atoms with van der Waals surface area (Å²) in [7, 11) is 0. The van der Waals surface area contributed by atoms with Crippen LogP contribution < -0.4 is 4.90 Å². The second-order valence-corrected chi connectivity index (χ2v) is 9.18. The monoisotopic (exact) mass is 459 g/mol. The standard InChI is InChI=1S/C24H27Cl2N3O2/c1-17-4-2-6-20(14-17)27-10-12-28(13-11-27)24(31)19-5-3-9-29(16-19)23(30)18-7-8-21(25)22(26)15-18/h2,4,6-8,14-15,19H,3,5,9-13,16H2,1H3. The summed E-state index contributed by atoms with van der Waals surface area (Å²) in [4.78, 5) is 32.2. The fourth-order valence-electron chi connectivity index (χ4n) is 4.44. The zero-order valence-electron chi connectivity index (χ0n) is 17.7. The molecular weight excluding hydrogens is 433 g/mol. The largest absolute Gasteiger partial charge is 0.368 e. The molecule has 2 aromatic carbocycles. The molecule has 2 amide bonds. The molecule has 5 nitrogen and oxygen atoms in total. The molecule has 0 spiro atoms. The van der Waals surface area contributed by atoms with Crippen LogP contribution >= 0.6 is 23.2 Å². The van der Waals surface area contributed by atoms with Crippen molar-refractivity contribution < 1.29 is 9.59 Å². The Morgan fingerprint density at radius 3 is 2.39 bits per heavy atom. The Labute approximate surface area is 193 Å². The van der Waals surface area contributed by atoms with Crippen molar-refractivity contribution in [2.24, 2.45) is 5.92 Å². The lowest BCUT2D eigenvalue weighted by molar-refractivity contribution is -0.137. The van der Waals surface area contributed by atoms with Gasteiger partial charge >= 0.3 is 0 Å². The number of likely N-dealkylation sites (tertiary alicyclic amines) is 1. The summed E-state index contributed by atoms with van der Waals surface area (Å²) in [6.07, 6.45) is 1.65. The van der Waals surface area contributed by atoms with E-state index in [1.807, 2.05) is 4.90 Å². The van der Waals surface area contributed by atoms with Gasteiger partial charge in [-0.3, -0.25) is 9.59 Å². The normalized spacial score (nSPS) is 19.5. The molecule has 2 aromatic rings. The number of nitrogens with zero attached hydrogens (tertiary/aromatic N) is 3. The molecule has 164 valence electrons. The number of benzene rings is 2. The van der Waals surface area contributed by atoms with Gasteiger partial charge in [0.25, 0.3) is 5.91 Å². The molecule has 0 aromatic heterocycles. The van der Waals surface area contributed by atoms with Gasteiger partial charge < -0.3 is 14.7 Å². The Morgan fingerprint density at radius 1 is 0.903 bits per heavy atom. The van der Waals surface area contributed by atoms with Gasteiger partial charge in [0.2, 0.25) is 5.91 Å². The average molecular weight is 460 g/mol. The first kappa shape index (κ1) is 22.0. The molecule has 0 bridgehead atoms. The van der Waals surface area contributed by atoms with E-state index >= 15 is 0 Å². The zero-order valence-corrected chi connectivity index (χ0v) is 19.2. The molecule has 1 atom stereocenters. The Bertz CT molecular complexity index is 973. The highest BCUT2D eigenvalue weighted by Crippen LogP contribution is 2.26. The van der Waals surface area contributed by atoms with Crippen LogP contribution in [-0.4, -0.2) is 60.9 Å². The van der Waals surface area contributed by atoms with Crippen molar-refractivity contribution in [3.8, 4) is 0 Å². The molecule has 4 rings (SSSR count). The molecule has 1 unspecified atom stereocenters. The molecule has 0 N–H and O–H groups in total. The maximum Gasteiger partial charge on any atom is 0.253 e. The van der Waals surface area contributed by atoms with Gasteiger partial charge in [-0.25, -0.2) is 0 Å². The molecule has 2 saturated heterocycles. The van der Waals surface area contributed by atoms with Crippen LogP contribution in [0.25, 0.3) is 0 Å². The summed E-state index contributed by atoms with van der Waals surface area (Å²) < 4.78 is 0. The Balaban J connectivity index is 1.35. The number of amides is 2. The van der Waals surface area contributed by atoms with Crippen LogP contribution in [-0.2, 0) is 4.79 Å². The second kappa shape index (κ2) is 9.49. The summed E-state index contributed by atoms with van der Waals surface area (Å²) in [5.41, 5.74) is 2.96. The van der Waals surface area contributed by atoms with Crippen LogP contribution in [0, 0.1) is 12.8 Å². The van der Waals surface area contributed by atoms with E-state index in [2.05, 4.69) is 36.1 Å². The molecule has 2 heterocycles. The van der Waals surface area contributed by atoms with Gasteiger partial charge in [-0.15, -0.1) is 0 Å². The third kappa shape index (κ3) is 4.99. The van der Waals surface area contributed by atoms with Gasteiger partial charge in [0.05, 0.1) is 16.0 Å². The van der Waals surface area contributed by atoms with E-state index < -0.39 is 0 Å². The van der Waals surface area contributed by atoms with E-state index in [9.17, 15) is 9.59 Å². The fraction of sp³-hybridized carbons (Fsp3) is 0.417. The molecule has 31 heavy (non-hydrogen) atoms. The van der Waals surface area contributed by atoms with Crippen molar-refractivity contribution in [2.45, 2.75) is 19.8 Å². The highest BCUT2D eigenvalue weighted by molar-refractivity contribution is 6.42. The minimum absolute atomic E-state index is 0.0969. The number of hydrogen-bond acceptors (Lipinski definition) is 3. The first-order valence-electron chi connectivity index (χ1n) is 10.8. The smallest absolute Gasteiger partial charge is 0.253 e. The highest BCUT2D eigenvalue weighted by atomic mass is 35.5. The summed E-state index contributed by atoms with van der Waals surface area (Å²) in [5.74, 6) is -0.0816. The van der Waals surface area contributed by atoms with Crippen molar-refractivity contribution in [3.63, 3.8) is 0 Å². The quantitative estimate of drug-likeness (QED) is 0.678. The second-order valence-electron chi connectivity index (χ2n) is 8.37. The van der Waals surface area contributed by atoms with Crippen LogP contribution in [0.1, 0.15) is 28.8 Å². The highest BCUT2D eigenvalue weighted by Gasteiger charge is 2.33. The van der Waals surface area contributed by atoms with Gasteiger partial charge in [0.15, 0.2) is 0 Å². The van der Waals surface area contributed by atoms with Crippen LogP contribution in [0.4, 0.5) is 5.69 Å². The Kier molecular flexibility index (Phi) is 6.73. The van der Waals surface area contributed by atoms with Gasteiger partial charge in [-0.2, -0.15) is 0 Å². The van der Waals surface area contributed by atoms with E-state index in [1.54, 1.807) is 23.1 Å². The lowest BCUT2D eigenvalue weighted by Gasteiger charge is -2.39. The molecule has 7 heteroatoms. The van der Waals surface area contributed by atoms with Crippen LogP contribution in [0.5, 0.6) is 0 Å². The third-order valence-corrected chi connectivity index (χ3v) is 6.92. The molecular formula is C24H27Cl2N3O2. The third-order valence-electron chi connectivity index (χ3n) is 6.18. The number of aryl methyl sites for hydroxylation is 1. The predicted molar refractivity (Wildman–Crippen MR) is 125 cm³/mol. The van der Waals surface area contributed by atoms with Gasteiger partial charge in [-0.05, 0) is 55.7 Å². The lowest BCUT2D eigenvalue weighted by Crippen LogP contribution is -2.53. The number of rotatable bonds is 3. The number of carbonyl (C=O) groups is 2. The fourth-order valence-corrected chi connectivity index (χ4v) is 4.74. The summed E-state index contributed by atoms with van der Waals surface area (Å²) >= 11 is 12.0. The van der Waals surface area contributed by atoms with Gasteiger partial charge in [0, 0.05) is 50.5 Å². The maximum atomic E-state index is 13.2. The topological polar surface area (TPSA) is 43.9 Å². The van der Waals surface area contributed by atoms with Crippen molar-refractivity contribution in [2.75, 3.05) is 44.2 Å². The predicted octanol–water partition coefficient (Wildman–Crippen LogP) is 4.50. The minimum atomic E-state index is -0.147. The van der Waals surface area contributed by atoms with Gasteiger partial charge in [0.1, 0.15) is 0 Å². The van der Waals surface area contributed by atoms with E-state index in [0.29, 0.717) is 41.8 Å². The molecule has 0 saturated carbocycles. The van der Waals surface area contributed by atoms with E-state index in [-0.39, 0.29) is 17.7 Å². The van der Waals surface area contributed by atoms with Crippen LogP contribution in [0.15, 0.2) is 42.5 Å². The number of carbonyl (C=O) groups excluding carboxylic acids is 2. The maximum absolute atomic E-state index is 13.2. The van der Waals surface area contributed by atoms with E-state index in [0.717, 1.165) is 25.9 Å². The van der Waals surface area contributed by atoms with E-state index in [1.165, 1.54) is 11.3 Å². The average Bonchev–Trinajstić information content (AvgIpc) is 2.80. The number of piperidine rings is 1. The Morgan fingerprint density at radius 2 is 1.68 bits per heavy atom. The van der Waals surface area contributed by atoms with Crippen molar-refractivity contribution >= 4 is 40.7 Å². The molecule has 2 aliphatic heterocycles. The molecule has 0 aliphatic carbocycles. The first-order valence-corrected chi connectivity index (χ1v) is 11.5. The minimum Gasteiger partial charge on any atom is -0.368 e. The van der Waals surface area contributed by atoms with Crippen LogP contribution in [0.3, 0.4) is 0 Å². The molecule has 2 fully saturated rings. The number of anilines is 1. The molecule has 0 radical (unpaired) electrons. The zero-order chi connectivity index (χ0) is 22.0. The number of piperazine rings is 1. The van der Waals surface area contributed by atoms with Gasteiger partial charge in [-0.1, -0.05) is 35.3 Å². The number of halogens is 2. The number of hydrogen-bond donors (Lipinski definition) is 0. The van der Waals surface area contributed by atoms with E-state index in [4.69, 9.17) is 23.2 Å². The SMILES string of the molecule is Cc1cccc(N2CCN(C(=O)C3CCCN(C(=O)c4ccc(Cl)c(Cl)c4)C3)CC2)c1. The Hall–Kier alpha value is -2.24. The summed E-state index contributed by atoms with van der Waals surface area (Å²) in [6.45, 7) is 6.28. The lowest BCUT2D eigenvalue weighted by atomic mass is 9.95. The summed E-state index contributed by atoms with van der Waals surface area (Å²) in [5, 5.41) is 0.790. The van der Waals surface area contributed by atoms with Crippen LogP contribution in [0.2, 0.25) is 10.0 Å². The first-order chi connectivity index (χ1) is 14.9. The summed E-state index contributed by atoms with van der Waals surface area (Å²) in [6, 6.07) is 13.4. The van der Waals surface area contributed by atoms with Crippen molar-refractivity contribution in [3.05, 3.63) is 63.6 Å².